The topological polar surface area (TPSA) is 128 Å². The fourth-order valence-electron chi connectivity index (χ4n) is 6.93. The molecule has 12 nitrogen and oxygen atoms in total. The third kappa shape index (κ3) is 7.77. The fourth-order valence-corrected chi connectivity index (χ4v) is 7.14. The fraction of sp³-hybridized carbons (Fsp3) is 0.444. The van der Waals surface area contributed by atoms with Crippen molar-refractivity contribution in [3.05, 3.63) is 88.2 Å². The minimum atomic E-state index is -1.06. The minimum absolute atomic E-state index is 0.0512. The van der Waals surface area contributed by atoms with E-state index < -0.39 is 24.0 Å². The Labute approximate surface area is 295 Å². The number of carbonyl (C=O) groups excluding carboxylic acids is 2. The molecule has 3 amide bonds. The Morgan fingerprint density at radius 1 is 1.06 bits per heavy atom. The van der Waals surface area contributed by atoms with Gasteiger partial charge in [0.15, 0.2) is 0 Å². The van der Waals surface area contributed by atoms with Crippen LogP contribution in [0.25, 0.3) is 0 Å². The molecular formula is C36H42ClFN6O6. The number of rotatable bonds is 10. The number of halogens is 2. The molecule has 14 heteroatoms. The van der Waals surface area contributed by atoms with Gasteiger partial charge in [0.05, 0.1) is 48.8 Å². The summed E-state index contributed by atoms with van der Waals surface area (Å²) in [5, 5.41) is 22.9. The maximum absolute atomic E-state index is 14.3. The van der Waals surface area contributed by atoms with E-state index >= 15 is 0 Å². The summed E-state index contributed by atoms with van der Waals surface area (Å²) in [4.78, 5) is 30.0. The van der Waals surface area contributed by atoms with Gasteiger partial charge < -0.3 is 35.3 Å². The number of benzene rings is 3. The zero-order chi connectivity index (χ0) is 34.6. The van der Waals surface area contributed by atoms with Crippen LogP contribution in [0.5, 0.6) is 5.75 Å². The number of hydrogen-bond acceptors (Lipinski definition) is 9. The molecule has 4 aliphatic heterocycles. The first-order chi connectivity index (χ1) is 24.3. The summed E-state index contributed by atoms with van der Waals surface area (Å²) in [6.45, 7) is 5.78. The zero-order valence-electron chi connectivity index (χ0n) is 27.7. The van der Waals surface area contributed by atoms with E-state index in [0.29, 0.717) is 54.6 Å². The van der Waals surface area contributed by atoms with Gasteiger partial charge >= 0.3 is 6.03 Å². The Kier molecular flexibility index (Phi) is 10.6. The molecule has 0 spiro atoms. The van der Waals surface area contributed by atoms with Crippen LogP contribution in [0, 0.1) is 5.82 Å². The average molecular weight is 709 g/mol. The number of morpholine rings is 1. The molecule has 50 heavy (non-hydrogen) atoms. The lowest BCUT2D eigenvalue weighted by Gasteiger charge is -2.40. The van der Waals surface area contributed by atoms with Crippen molar-refractivity contribution in [3.63, 3.8) is 0 Å². The Balaban J connectivity index is 1.05. The van der Waals surface area contributed by atoms with Crippen molar-refractivity contribution in [3.8, 4) is 5.75 Å². The highest BCUT2D eigenvalue weighted by Crippen LogP contribution is 2.39. The second-order valence-electron chi connectivity index (χ2n) is 13.0. The Hall–Kier alpha value is -4.14. The Morgan fingerprint density at radius 3 is 2.70 bits per heavy atom. The van der Waals surface area contributed by atoms with E-state index in [-0.39, 0.29) is 31.2 Å². The van der Waals surface area contributed by atoms with E-state index in [0.717, 1.165) is 49.7 Å². The molecule has 3 saturated heterocycles. The average Bonchev–Trinajstić information content (AvgIpc) is 3.63. The lowest BCUT2D eigenvalue weighted by Crippen LogP contribution is -2.49. The summed E-state index contributed by atoms with van der Waals surface area (Å²) < 4.78 is 31.5. The van der Waals surface area contributed by atoms with E-state index in [1.165, 1.54) is 23.2 Å². The molecule has 0 saturated carbocycles. The van der Waals surface area contributed by atoms with E-state index in [9.17, 15) is 19.1 Å². The van der Waals surface area contributed by atoms with Gasteiger partial charge in [-0.1, -0.05) is 29.8 Å². The molecule has 266 valence electrons. The summed E-state index contributed by atoms with van der Waals surface area (Å²) in [5.41, 5.74) is 3.70. The first-order valence-corrected chi connectivity index (χ1v) is 17.5. The Bertz CT molecular complexity index is 1680. The first-order valence-electron chi connectivity index (χ1n) is 17.1. The predicted molar refractivity (Wildman–Crippen MR) is 186 cm³/mol. The van der Waals surface area contributed by atoms with Crippen molar-refractivity contribution in [2.75, 3.05) is 69.5 Å². The number of nitrogens with zero attached hydrogens (tertiary/aromatic N) is 3. The third-order valence-corrected chi connectivity index (χ3v) is 9.96. The lowest BCUT2D eigenvalue weighted by atomic mass is 9.89. The number of ether oxygens (including phenoxy) is 3. The number of hydrazine groups is 1. The molecule has 3 aromatic carbocycles. The lowest BCUT2D eigenvalue weighted by molar-refractivity contribution is -0.132. The molecular weight excluding hydrogens is 667 g/mol. The normalized spacial score (nSPS) is 22.3. The van der Waals surface area contributed by atoms with Crippen molar-refractivity contribution in [2.45, 2.75) is 43.7 Å². The highest BCUT2D eigenvalue weighted by Gasteiger charge is 2.37. The van der Waals surface area contributed by atoms with Crippen LogP contribution in [0.1, 0.15) is 41.7 Å². The van der Waals surface area contributed by atoms with Gasteiger partial charge in [0, 0.05) is 63.0 Å². The number of carbonyl (C=O) groups is 2. The number of anilines is 2. The summed E-state index contributed by atoms with van der Waals surface area (Å²) >= 11 is 6.44. The number of urea groups is 1. The van der Waals surface area contributed by atoms with E-state index in [2.05, 4.69) is 20.9 Å². The molecule has 7 rings (SSSR count). The van der Waals surface area contributed by atoms with Crippen LogP contribution in [0.3, 0.4) is 0 Å². The summed E-state index contributed by atoms with van der Waals surface area (Å²) in [7, 11) is 0. The molecule has 3 fully saturated rings. The van der Waals surface area contributed by atoms with Gasteiger partial charge in [-0.3, -0.25) is 19.7 Å². The molecule has 4 atom stereocenters. The van der Waals surface area contributed by atoms with Crippen molar-refractivity contribution >= 4 is 34.9 Å². The van der Waals surface area contributed by atoms with Gasteiger partial charge in [-0.2, -0.15) is 0 Å². The number of aliphatic hydroxyl groups excluding tert-OH is 1. The summed E-state index contributed by atoms with van der Waals surface area (Å²) in [6, 6.07) is 15.4. The quantitative estimate of drug-likeness (QED) is 0.247. The van der Waals surface area contributed by atoms with Gasteiger partial charge in [-0.05, 0) is 53.9 Å². The maximum atomic E-state index is 14.3. The molecule has 0 aromatic heterocycles. The van der Waals surface area contributed by atoms with Gasteiger partial charge in [0.1, 0.15) is 24.2 Å². The van der Waals surface area contributed by atoms with Crippen LogP contribution in [-0.4, -0.2) is 98.3 Å². The zero-order valence-corrected chi connectivity index (χ0v) is 28.4. The van der Waals surface area contributed by atoms with Crippen LogP contribution in [-0.2, 0) is 20.8 Å². The highest BCUT2D eigenvalue weighted by atomic mass is 35.5. The Morgan fingerprint density at radius 2 is 1.88 bits per heavy atom. The van der Waals surface area contributed by atoms with E-state index in [4.69, 9.17) is 25.8 Å². The number of fused-ring (bicyclic) bond motifs is 4. The molecule has 3 aromatic rings. The van der Waals surface area contributed by atoms with Crippen molar-refractivity contribution in [1.29, 1.82) is 0 Å². The first kappa shape index (κ1) is 34.3. The number of nitrogens with one attached hydrogen (secondary N) is 3. The van der Waals surface area contributed by atoms with Crippen molar-refractivity contribution < 1.29 is 33.3 Å². The standard InChI is InChI=1S/C36H42ClFN6O6/c37-28-8-5-25(38)19-31(28)43-10-1-11-44(43)35(46)34(24-3-6-26(7-4-24)49-17-14-42-12-15-48-16-13-42)41-36(47)39-21-23-2-9-29-27(18-23)33-20-30(40-29)32(45)22-50-33/h2-9,18-19,30,32-34,40,45H,1,10-17,20-22H2,(H2,39,41,47)/t30-,32-,33-,34+/m1/s1. The minimum Gasteiger partial charge on any atom is -0.492 e. The van der Waals surface area contributed by atoms with Crippen molar-refractivity contribution in [1.82, 2.24) is 20.5 Å². The van der Waals surface area contributed by atoms with E-state index in [1.54, 1.807) is 29.3 Å². The highest BCUT2D eigenvalue weighted by molar-refractivity contribution is 6.33. The third-order valence-electron chi connectivity index (χ3n) is 9.65. The van der Waals surface area contributed by atoms with Crippen LogP contribution in [0.15, 0.2) is 60.7 Å². The molecule has 0 aliphatic carbocycles. The van der Waals surface area contributed by atoms with Crippen molar-refractivity contribution in [2.24, 2.45) is 0 Å². The number of hydrogen-bond donors (Lipinski definition) is 4. The van der Waals surface area contributed by atoms with Crippen LogP contribution < -0.4 is 25.7 Å². The molecule has 0 unspecified atom stereocenters. The van der Waals surface area contributed by atoms with Crippen LogP contribution in [0.4, 0.5) is 20.6 Å². The summed E-state index contributed by atoms with van der Waals surface area (Å²) in [6.07, 6.45) is 0.631. The second-order valence-corrected chi connectivity index (χ2v) is 13.4. The van der Waals surface area contributed by atoms with Gasteiger partial charge in [-0.25, -0.2) is 9.18 Å². The second kappa shape index (κ2) is 15.4. The SMILES string of the molecule is O=C(NCc1ccc2c(c1)[C@H]1C[C@@H](N2)[C@H](O)CO1)N[C@H](C(=O)N1CCCN1c1cc(F)ccc1Cl)c1ccc(OCCN2CCOCC2)cc1. The molecule has 2 bridgehead atoms. The van der Waals surface area contributed by atoms with Gasteiger partial charge in [-0.15, -0.1) is 0 Å². The molecule has 0 radical (unpaired) electrons. The van der Waals surface area contributed by atoms with Crippen LogP contribution in [0.2, 0.25) is 5.02 Å². The van der Waals surface area contributed by atoms with E-state index in [1.807, 2.05) is 18.2 Å². The van der Waals surface area contributed by atoms with Gasteiger partial charge in [0.2, 0.25) is 0 Å². The smallest absolute Gasteiger partial charge is 0.315 e. The largest absolute Gasteiger partial charge is 0.492 e. The van der Waals surface area contributed by atoms with Gasteiger partial charge in [0.25, 0.3) is 5.91 Å². The molecule has 4 aliphatic rings. The van der Waals surface area contributed by atoms with Crippen LogP contribution >= 0.6 is 11.6 Å². The maximum Gasteiger partial charge on any atom is 0.315 e. The molecule has 4 heterocycles. The molecule has 4 N–H and O–H groups in total. The predicted octanol–water partition coefficient (Wildman–Crippen LogP) is 4.00. The number of amides is 3. The number of aliphatic hydroxyl groups is 1. The monoisotopic (exact) mass is 708 g/mol. The summed E-state index contributed by atoms with van der Waals surface area (Å²) in [5.74, 6) is -0.200.